The molecule has 0 heterocycles. The van der Waals surface area contributed by atoms with Crippen LogP contribution in [-0.2, 0) is 10.0 Å². The fraction of sp³-hybridized carbons (Fsp3) is 0.0500. The van der Waals surface area contributed by atoms with Gasteiger partial charge in [0.1, 0.15) is 0 Å². The van der Waals surface area contributed by atoms with Crippen LogP contribution in [0.5, 0.6) is 0 Å². The number of nitrogens with one attached hydrogen (secondary N) is 3. The first-order valence-electron chi connectivity index (χ1n) is 8.35. The molecular formula is C20H18ClN3O2S2. The number of halogens is 1. The molecule has 8 heteroatoms. The van der Waals surface area contributed by atoms with Gasteiger partial charge in [0.05, 0.1) is 10.6 Å². The Labute approximate surface area is 174 Å². The summed E-state index contributed by atoms with van der Waals surface area (Å²) in [6.07, 6.45) is 0. The fourth-order valence-corrected chi connectivity index (χ4v) is 3.93. The zero-order valence-electron chi connectivity index (χ0n) is 14.9. The van der Waals surface area contributed by atoms with Crippen LogP contribution in [0.25, 0.3) is 0 Å². The van der Waals surface area contributed by atoms with Gasteiger partial charge in [-0.3, -0.25) is 4.72 Å². The molecule has 0 aliphatic heterocycles. The van der Waals surface area contributed by atoms with E-state index in [0.29, 0.717) is 21.5 Å². The largest absolute Gasteiger partial charge is 0.332 e. The Balaban J connectivity index is 1.66. The van der Waals surface area contributed by atoms with Gasteiger partial charge in [-0.25, -0.2) is 8.42 Å². The third-order valence-corrected chi connectivity index (χ3v) is 5.75. The Bertz CT molecular complexity index is 1080. The van der Waals surface area contributed by atoms with Crippen LogP contribution in [0.3, 0.4) is 0 Å². The van der Waals surface area contributed by atoms with Crippen LogP contribution >= 0.6 is 23.8 Å². The SMILES string of the molecule is Cc1ccccc1NS(=O)(=O)c1ccc(NC(=S)Nc2ccc(Cl)cc2)cc1. The first-order valence-corrected chi connectivity index (χ1v) is 10.6. The highest BCUT2D eigenvalue weighted by Crippen LogP contribution is 2.21. The van der Waals surface area contributed by atoms with E-state index in [-0.39, 0.29) is 4.90 Å². The zero-order valence-corrected chi connectivity index (χ0v) is 17.3. The monoisotopic (exact) mass is 431 g/mol. The summed E-state index contributed by atoms with van der Waals surface area (Å²) >= 11 is 11.1. The van der Waals surface area contributed by atoms with E-state index in [4.69, 9.17) is 23.8 Å². The Morgan fingerprint density at radius 1 is 0.857 bits per heavy atom. The van der Waals surface area contributed by atoms with Crippen molar-refractivity contribution in [2.45, 2.75) is 11.8 Å². The van der Waals surface area contributed by atoms with Crippen molar-refractivity contribution in [3.63, 3.8) is 0 Å². The number of sulfonamides is 1. The van der Waals surface area contributed by atoms with Gasteiger partial charge in [-0.2, -0.15) is 0 Å². The number of aryl methyl sites for hydroxylation is 1. The third-order valence-electron chi connectivity index (χ3n) is 3.91. The number of hydrogen-bond acceptors (Lipinski definition) is 3. The molecule has 0 saturated carbocycles. The summed E-state index contributed by atoms with van der Waals surface area (Å²) in [5.41, 5.74) is 2.87. The van der Waals surface area contributed by atoms with Crippen LogP contribution in [0.2, 0.25) is 5.02 Å². The highest BCUT2D eigenvalue weighted by atomic mass is 35.5. The Hall–Kier alpha value is -2.61. The molecule has 5 nitrogen and oxygen atoms in total. The summed E-state index contributed by atoms with van der Waals surface area (Å²) in [6.45, 7) is 1.85. The van der Waals surface area contributed by atoms with E-state index in [0.717, 1.165) is 11.3 Å². The van der Waals surface area contributed by atoms with Crippen molar-refractivity contribution in [3.05, 3.63) is 83.4 Å². The average Bonchev–Trinajstić information content (AvgIpc) is 2.66. The van der Waals surface area contributed by atoms with Crippen molar-refractivity contribution in [2.75, 3.05) is 15.4 Å². The van der Waals surface area contributed by atoms with E-state index in [2.05, 4.69) is 15.4 Å². The predicted molar refractivity (Wildman–Crippen MR) is 120 cm³/mol. The molecule has 0 fully saturated rings. The van der Waals surface area contributed by atoms with Crippen molar-refractivity contribution in [2.24, 2.45) is 0 Å². The number of benzene rings is 3. The van der Waals surface area contributed by atoms with Gasteiger partial charge in [0.25, 0.3) is 10.0 Å². The molecule has 3 aromatic carbocycles. The summed E-state index contributed by atoms with van der Waals surface area (Å²) < 4.78 is 27.8. The predicted octanol–water partition coefficient (Wildman–Crippen LogP) is 5.26. The Morgan fingerprint density at radius 2 is 1.39 bits per heavy atom. The van der Waals surface area contributed by atoms with Gasteiger partial charge < -0.3 is 10.6 Å². The Morgan fingerprint density at radius 3 is 1.96 bits per heavy atom. The normalized spacial score (nSPS) is 10.9. The van der Waals surface area contributed by atoms with Crippen molar-refractivity contribution < 1.29 is 8.42 Å². The molecule has 0 unspecified atom stereocenters. The lowest BCUT2D eigenvalue weighted by molar-refractivity contribution is 0.601. The molecule has 3 aromatic rings. The van der Waals surface area contributed by atoms with Crippen molar-refractivity contribution >= 4 is 56.0 Å². The quantitative estimate of drug-likeness (QED) is 0.481. The number of hydrogen-bond donors (Lipinski definition) is 3. The highest BCUT2D eigenvalue weighted by molar-refractivity contribution is 7.92. The zero-order chi connectivity index (χ0) is 20.1. The minimum atomic E-state index is -3.67. The minimum absolute atomic E-state index is 0.165. The maximum Gasteiger partial charge on any atom is 0.261 e. The lowest BCUT2D eigenvalue weighted by Gasteiger charge is -2.12. The second-order valence-corrected chi connectivity index (χ2v) is 8.56. The number of para-hydroxylation sites is 1. The molecule has 28 heavy (non-hydrogen) atoms. The van der Waals surface area contributed by atoms with Crippen molar-refractivity contribution in [3.8, 4) is 0 Å². The van der Waals surface area contributed by atoms with Crippen molar-refractivity contribution in [1.29, 1.82) is 0 Å². The molecule has 0 aliphatic rings. The summed E-state index contributed by atoms with van der Waals surface area (Å²) in [5, 5.41) is 7.07. The summed E-state index contributed by atoms with van der Waals surface area (Å²) in [4.78, 5) is 0.165. The lowest BCUT2D eigenvalue weighted by atomic mass is 10.2. The molecule has 3 N–H and O–H groups in total. The fourth-order valence-electron chi connectivity index (χ4n) is 2.44. The second kappa shape index (κ2) is 8.60. The standard InChI is InChI=1S/C20H18ClN3O2S2/c1-14-4-2-3-5-19(14)24-28(25,26)18-12-10-17(11-13-18)23-20(27)22-16-8-6-15(21)7-9-16/h2-13,24H,1H3,(H2,22,23,27). The second-order valence-electron chi connectivity index (χ2n) is 6.03. The minimum Gasteiger partial charge on any atom is -0.332 e. The molecule has 0 bridgehead atoms. The van der Waals surface area contributed by atoms with Crippen LogP contribution in [0.15, 0.2) is 77.7 Å². The first-order chi connectivity index (χ1) is 13.3. The molecule has 0 amide bonds. The molecule has 0 atom stereocenters. The van der Waals surface area contributed by atoms with E-state index < -0.39 is 10.0 Å². The topological polar surface area (TPSA) is 70.2 Å². The molecule has 0 aromatic heterocycles. The van der Waals surface area contributed by atoms with Gasteiger partial charge in [0.2, 0.25) is 0 Å². The Kier molecular flexibility index (Phi) is 6.18. The third kappa shape index (κ3) is 5.22. The van der Waals surface area contributed by atoms with E-state index >= 15 is 0 Å². The smallest absolute Gasteiger partial charge is 0.261 e. The first kappa shape index (κ1) is 20.1. The van der Waals surface area contributed by atoms with Crippen LogP contribution in [-0.4, -0.2) is 13.5 Å². The molecule has 0 aliphatic carbocycles. The van der Waals surface area contributed by atoms with E-state index in [1.165, 1.54) is 12.1 Å². The van der Waals surface area contributed by atoms with Gasteiger partial charge in [0, 0.05) is 16.4 Å². The maximum atomic E-state index is 12.6. The van der Waals surface area contributed by atoms with Gasteiger partial charge in [-0.15, -0.1) is 0 Å². The van der Waals surface area contributed by atoms with Crippen LogP contribution in [0.1, 0.15) is 5.56 Å². The van der Waals surface area contributed by atoms with E-state index in [1.807, 2.05) is 31.2 Å². The van der Waals surface area contributed by atoms with Crippen LogP contribution in [0.4, 0.5) is 17.1 Å². The lowest BCUT2D eigenvalue weighted by Crippen LogP contribution is -2.19. The summed E-state index contributed by atoms with van der Waals surface area (Å²) in [5.74, 6) is 0. The highest BCUT2D eigenvalue weighted by Gasteiger charge is 2.15. The van der Waals surface area contributed by atoms with Crippen LogP contribution in [0, 0.1) is 6.92 Å². The maximum absolute atomic E-state index is 12.6. The number of rotatable bonds is 5. The number of anilines is 3. The van der Waals surface area contributed by atoms with Gasteiger partial charge in [0.15, 0.2) is 5.11 Å². The van der Waals surface area contributed by atoms with Gasteiger partial charge >= 0.3 is 0 Å². The van der Waals surface area contributed by atoms with Crippen molar-refractivity contribution in [1.82, 2.24) is 0 Å². The molecule has 0 radical (unpaired) electrons. The molecule has 0 spiro atoms. The van der Waals surface area contributed by atoms with Gasteiger partial charge in [-0.1, -0.05) is 29.8 Å². The molecule has 144 valence electrons. The summed E-state index contributed by atoms with van der Waals surface area (Å²) in [7, 11) is -3.67. The number of thiocarbonyl (C=S) groups is 1. The average molecular weight is 432 g/mol. The van der Waals surface area contributed by atoms with Crippen LogP contribution < -0.4 is 15.4 Å². The van der Waals surface area contributed by atoms with E-state index in [1.54, 1.807) is 36.4 Å². The molecular weight excluding hydrogens is 414 g/mol. The summed E-state index contributed by atoms with van der Waals surface area (Å²) in [6, 6.07) is 20.7. The molecule has 3 rings (SSSR count). The van der Waals surface area contributed by atoms with E-state index in [9.17, 15) is 8.42 Å². The molecule has 0 saturated heterocycles. The van der Waals surface area contributed by atoms with Gasteiger partial charge in [-0.05, 0) is 79.3 Å².